The van der Waals surface area contributed by atoms with Crippen LogP contribution in [0.2, 0.25) is 0 Å². The summed E-state index contributed by atoms with van der Waals surface area (Å²) in [5.41, 5.74) is 8.09. The van der Waals surface area contributed by atoms with Gasteiger partial charge in [-0.3, -0.25) is 0 Å². The molecule has 0 bridgehead atoms. The number of ether oxygens (including phenoxy) is 1. The van der Waals surface area contributed by atoms with E-state index in [1.807, 2.05) is 0 Å². The molecular formula is C15H26N2O. The molecule has 0 heterocycles. The molecule has 3 nitrogen and oxygen atoms in total. The lowest BCUT2D eigenvalue weighted by Gasteiger charge is -2.19. The van der Waals surface area contributed by atoms with Crippen LogP contribution >= 0.6 is 0 Å². The molecule has 0 aliphatic carbocycles. The average Bonchev–Trinajstić information content (AvgIpc) is 2.36. The molecular weight excluding hydrogens is 224 g/mol. The third-order valence-electron chi connectivity index (χ3n) is 3.16. The van der Waals surface area contributed by atoms with Crippen LogP contribution in [0.5, 0.6) is 5.75 Å². The number of methoxy groups -OCH3 is 1. The summed E-state index contributed by atoms with van der Waals surface area (Å²) < 4.78 is 5.49. The maximum atomic E-state index is 5.53. The first-order valence-electron chi connectivity index (χ1n) is 6.64. The smallest absolute Gasteiger partial charge is 0.123 e. The van der Waals surface area contributed by atoms with Crippen LogP contribution in [0.15, 0.2) is 18.2 Å². The van der Waals surface area contributed by atoms with Crippen molar-refractivity contribution in [2.24, 2.45) is 5.73 Å². The average molecular weight is 250 g/mol. The van der Waals surface area contributed by atoms with Gasteiger partial charge in [-0.25, -0.2) is 0 Å². The first-order chi connectivity index (χ1) is 8.58. The minimum atomic E-state index is 0.530. The Kier molecular flexibility index (Phi) is 6.16. The fraction of sp³-hybridized carbons (Fsp3) is 0.600. The van der Waals surface area contributed by atoms with Gasteiger partial charge in [-0.2, -0.15) is 0 Å². The molecule has 3 heteroatoms. The van der Waals surface area contributed by atoms with Gasteiger partial charge in [0, 0.05) is 12.1 Å². The minimum absolute atomic E-state index is 0.530. The van der Waals surface area contributed by atoms with Gasteiger partial charge in [0.1, 0.15) is 5.75 Å². The van der Waals surface area contributed by atoms with Crippen molar-refractivity contribution in [1.82, 2.24) is 4.90 Å². The van der Waals surface area contributed by atoms with Gasteiger partial charge in [-0.15, -0.1) is 0 Å². The van der Waals surface area contributed by atoms with E-state index in [4.69, 9.17) is 10.5 Å². The summed E-state index contributed by atoms with van der Waals surface area (Å²) in [7, 11) is 3.86. The second-order valence-corrected chi connectivity index (χ2v) is 5.11. The molecule has 102 valence electrons. The summed E-state index contributed by atoms with van der Waals surface area (Å²) in [5.74, 6) is 1.52. The van der Waals surface area contributed by atoms with Gasteiger partial charge in [0.15, 0.2) is 0 Å². The van der Waals surface area contributed by atoms with E-state index in [1.165, 1.54) is 11.1 Å². The van der Waals surface area contributed by atoms with Crippen molar-refractivity contribution in [3.8, 4) is 5.75 Å². The van der Waals surface area contributed by atoms with Gasteiger partial charge >= 0.3 is 0 Å². The zero-order chi connectivity index (χ0) is 13.5. The van der Waals surface area contributed by atoms with Crippen molar-refractivity contribution in [3.63, 3.8) is 0 Å². The highest BCUT2D eigenvalue weighted by Gasteiger charge is 2.08. The molecule has 0 saturated carbocycles. The third-order valence-corrected chi connectivity index (χ3v) is 3.16. The molecule has 0 saturated heterocycles. The molecule has 0 aromatic heterocycles. The Balaban J connectivity index is 2.76. The summed E-state index contributed by atoms with van der Waals surface area (Å²) in [6.07, 6.45) is 1.03. The van der Waals surface area contributed by atoms with Crippen LogP contribution in [-0.2, 0) is 6.54 Å². The molecule has 0 unspecified atom stereocenters. The lowest BCUT2D eigenvalue weighted by atomic mass is 10.0. The number of nitrogens with two attached hydrogens (primary N) is 1. The lowest BCUT2D eigenvalue weighted by Crippen LogP contribution is -2.21. The molecule has 0 atom stereocenters. The molecule has 0 aliphatic rings. The van der Waals surface area contributed by atoms with Gasteiger partial charge in [0.25, 0.3) is 0 Å². The molecule has 2 N–H and O–H groups in total. The fourth-order valence-electron chi connectivity index (χ4n) is 1.98. The summed E-state index contributed by atoms with van der Waals surface area (Å²) in [6, 6.07) is 6.52. The fourth-order valence-corrected chi connectivity index (χ4v) is 1.98. The van der Waals surface area contributed by atoms with Crippen LogP contribution in [0, 0.1) is 0 Å². The second kappa shape index (κ2) is 7.39. The van der Waals surface area contributed by atoms with Crippen molar-refractivity contribution in [1.29, 1.82) is 0 Å². The first kappa shape index (κ1) is 15.0. The molecule has 0 spiro atoms. The van der Waals surface area contributed by atoms with Crippen LogP contribution in [0.25, 0.3) is 0 Å². The van der Waals surface area contributed by atoms with Gasteiger partial charge in [-0.1, -0.05) is 26.0 Å². The van der Waals surface area contributed by atoms with Crippen molar-refractivity contribution < 1.29 is 4.74 Å². The Morgan fingerprint density at radius 2 is 2.06 bits per heavy atom. The van der Waals surface area contributed by atoms with E-state index in [2.05, 4.69) is 44.0 Å². The summed E-state index contributed by atoms with van der Waals surface area (Å²) in [5, 5.41) is 0. The minimum Gasteiger partial charge on any atom is -0.496 e. The van der Waals surface area contributed by atoms with Crippen molar-refractivity contribution >= 4 is 0 Å². The highest BCUT2D eigenvalue weighted by molar-refractivity contribution is 5.38. The maximum absolute atomic E-state index is 5.53. The highest BCUT2D eigenvalue weighted by atomic mass is 16.5. The quantitative estimate of drug-likeness (QED) is 0.808. The monoisotopic (exact) mass is 250 g/mol. The second-order valence-electron chi connectivity index (χ2n) is 5.11. The van der Waals surface area contributed by atoms with Gasteiger partial charge in [0.05, 0.1) is 7.11 Å². The van der Waals surface area contributed by atoms with E-state index in [1.54, 1.807) is 7.11 Å². The lowest BCUT2D eigenvalue weighted by molar-refractivity contribution is 0.315. The standard InChI is InChI=1S/C15H26N2O/c1-12(2)13-6-7-14(15(10-13)18-4)11-17(3)9-5-8-16/h6-7,10,12H,5,8-9,11,16H2,1-4H3. The van der Waals surface area contributed by atoms with Crippen molar-refractivity contribution in [3.05, 3.63) is 29.3 Å². The Morgan fingerprint density at radius 1 is 1.33 bits per heavy atom. The molecule has 18 heavy (non-hydrogen) atoms. The topological polar surface area (TPSA) is 38.5 Å². The Labute approximate surface area is 111 Å². The summed E-state index contributed by atoms with van der Waals surface area (Å²) in [4.78, 5) is 2.28. The molecule has 0 aliphatic heterocycles. The van der Waals surface area contributed by atoms with Gasteiger partial charge in [0.2, 0.25) is 0 Å². The maximum Gasteiger partial charge on any atom is 0.123 e. The van der Waals surface area contributed by atoms with Crippen LogP contribution in [0.1, 0.15) is 37.3 Å². The molecule has 0 amide bonds. The Hall–Kier alpha value is -1.06. The van der Waals surface area contributed by atoms with Gasteiger partial charge < -0.3 is 15.4 Å². The number of hydrogen-bond donors (Lipinski definition) is 1. The number of rotatable bonds is 7. The molecule has 0 fully saturated rings. The number of hydrogen-bond acceptors (Lipinski definition) is 3. The van der Waals surface area contributed by atoms with E-state index < -0.39 is 0 Å². The number of nitrogens with zero attached hydrogens (tertiary/aromatic N) is 1. The predicted molar refractivity (Wildman–Crippen MR) is 77.1 cm³/mol. The van der Waals surface area contributed by atoms with Crippen LogP contribution in [-0.4, -0.2) is 32.1 Å². The Bertz CT molecular complexity index is 364. The van der Waals surface area contributed by atoms with E-state index >= 15 is 0 Å². The zero-order valence-corrected chi connectivity index (χ0v) is 12.1. The molecule has 1 rings (SSSR count). The zero-order valence-electron chi connectivity index (χ0n) is 12.1. The molecule has 0 radical (unpaired) electrons. The van der Waals surface area contributed by atoms with E-state index in [9.17, 15) is 0 Å². The molecule has 1 aromatic rings. The largest absolute Gasteiger partial charge is 0.496 e. The number of benzene rings is 1. The third kappa shape index (κ3) is 4.31. The highest BCUT2D eigenvalue weighted by Crippen LogP contribution is 2.25. The van der Waals surface area contributed by atoms with Crippen LogP contribution < -0.4 is 10.5 Å². The predicted octanol–water partition coefficient (Wildman–Crippen LogP) is 2.60. The summed E-state index contributed by atoms with van der Waals surface area (Å²) in [6.45, 7) is 7.06. The van der Waals surface area contributed by atoms with E-state index in [0.29, 0.717) is 5.92 Å². The van der Waals surface area contributed by atoms with E-state index in [-0.39, 0.29) is 0 Å². The Morgan fingerprint density at radius 3 is 2.61 bits per heavy atom. The SMILES string of the molecule is COc1cc(C(C)C)ccc1CN(C)CCCN. The van der Waals surface area contributed by atoms with Gasteiger partial charge in [-0.05, 0) is 44.1 Å². The van der Waals surface area contributed by atoms with Crippen LogP contribution in [0.4, 0.5) is 0 Å². The molecule has 1 aromatic carbocycles. The van der Waals surface area contributed by atoms with Crippen molar-refractivity contribution in [2.45, 2.75) is 32.7 Å². The van der Waals surface area contributed by atoms with Crippen molar-refractivity contribution in [2.75, 3.05) is 27.2 Å². The first-order valence-corrected chi connectivity index (χ1v) is 6.64. The summed E-state index contributed by atoms with van der Waals surface area (Å²) >= 11 is 0. The van der Waals surface area contributed by atoms with Crippen LogP contribution in [0.3, 0.4) is 0 Å². The normalized spacial score (nSPS) is 11.3. The van der Waals surface area contributed by atoms with E-state index in [0.717, 1.165) is 31.8 Å².